The zero-order valence-corrected chi connectivity index (χ0v) is 15.2. The van der Waals surface area contributed by atoms with Crippen LogP contribution in [0.15, 0.2) is 60.9 Å². The van der Waals surface area contributed by atoms with Gasteiger partial charge in [-0.25, -0.2) is 0 Å². The average Bonchev–Trinajstić information content (AvgIpc) is 3.17. The fourth-order valence-corrected chi connectivity index (χ4v) is 2.86. The standard InChI is InChI=1S/C20H18N6O2/c1-2-28-16-5-3-4-14(10-16)17-11-18(25-20-22-12-23-26(17)20)24-15-8-6-13(7-9-15)19(21)27/h3-12H,2H2,1H3,(H2,21,27)(H,22,23,24,25). The first-order valence-electron chi connectivity index (χ1n) is 8.75. The van der Waals surface area contributed by atoms with Crippen molar-refractivity contribution < 1.29 is 9.53 Å². The molecule has 0 spiro atoms. The number of hydrogen-bond acceptors (Lipinski definition) is 6. The molecule has 3 N–H and O–H groups in total. The fourth-order valence-electron chi connectivity index (χ4n) is 2.86. The van der Waals surface area contributed by atoms with Gasteiger partial charge in [0.2, 0.25) is 5.91 Å². The van der Waals surface area contributed by atoms with E-state index >= 15 is 0 Å². The lowest BCUT2D eigenvalue weighted by Gasteiger charge is -2.11. The lowest BCUT2D eigenvalue weighted by Crippen LogP contribution is -2.10. The second-order valence-corrected chi connectivity index (χ2v) is 6.03. The number of carbonyl (C=O) groups excluding carboxylic acids is 1. The highest BCUT2D eigenvalue weighted by Gasteiger charge is 2.11. The van der Waals surface area contributed by atoms with Crippen LogP contribution in [0, 0.1) is 0 Å². The van der Waals surface area contributed by atoms with Gasteiger partial charge in [0.1, 0.15) is 17.9 Å². The molecule has 0 atom stereocenters. The Morgan fingerprint density at radius 2 is 2.00 bits per heavy atom. The molecule has 0 aliphatic rings. The van der Waals surface area contributed by atoms with Gasteiger partial charge in [0.25, 0.3) is 5.78 Å². The van der Waals surface area contributed by atoms with E-state index in [0.717, 1.165) is 22.7 Å². The Balaban J connectivity index is 1.73. The predicted molar refractivity (Wildman–Crippen MR) is 106 cm³/mol. The lowest BCUT2D eigenvalue weighted by atomic mass is 10.1. The number of nitrogens with two attached hydrogens (primary N) is 1. The van der Waals surface area contributed by atoms with Crippen molar-refractivity contribution in [3.63, 3.8) is 0 Å². The number of anilines is 2. The Labute approximate surface area is 161 Å². The van der Waals surface area contributed by atoms with Crippen molar-refractivity contribution in [3.05, 3.63) is 66.5 Å². The topological polar surface area (TPSA) is 107 Å². The maximum absolute atomic E-state index is 11.2. The van der Waals surface area contributed by atoms with Gasteiger partial charge in [0, 0.05) is 22.9 Å². The van der Waals surface area contributed by atoms with E-state index in [0.29, 0.717) is 23.8 Å². The molecule has 0 fully saturated rings. The molecule has 4 aromatic rings. The molecular weight excluding hydrogens is 356 g/mol. The molecule has 1 amide bonds. The van der Waals surface area contributed by atoms with Gasteiger partial charge in [-0.15, -0.1) is 0 Å². The SMILES string of the molecule is CCOc1cccc(-c2cc(Nc3ccc(C(N)=O)cc3)nc3ncnn23)c1. The number of primary amides is 1. The molecule has 140 valence electrons. The Morgan fingerprint density at radius 3 is 2.75 bits per heavy atom. The smallest absolute Gasteiger partial charge is 0.254 e. The van der Waals surface area contributed by atoms with Crippen LogP contribution in [0.2, 0.25) is 0 Å². The predicted octanol–water partition coefficient (Wildman–Crippen LogP) is 3.03. The highest BCUT2D eigenvalue weighted by Crippen LogP contribution is 2.27. The van der Waals surface area contributed by atoms with Gasteiger partial charge in [-0.2, -0.15) is 19.6 Å². The quantitative estimate of drug-likeness (QED) is 0.537. The summed E-state index contributed by atoms with van der Waals surface area (Å²) in [5.74, 6) is 1.38. The molecule has 0 saturated carbocycles. The maximum atomic E-state index is 11.2. The van der Waals surface area contributed by atoms with Gasteiger partial charge in [-0.05, 0) is 43.3 Å². The molecule has 0 saturated heterocycles. The second kappa shape index (κ2) is 7.36. The number of amides is 1. The molecule has 0 unspecified atom stereocenters. The zero-order valence-electron chi connectivity index (χ0n) is 15.2. The van der Waals surface area contributed by atoms with Crippen LogP contribution in [-0.4, -0.2) is 32.1 Å². The van der Waals surface area contributed by atoms with Crippen molar-refractivity contribution in [2.24, 2.45) is 5.73 Å². The number of rotatable bonds is 6. The summed E-state index contributed by atoms with van der Waals surface area (Å²) in [6, 6.07) is 16.5. The first-order chi connectivity index (χ1) is 13.6. The maximum Gasteiger partial charge on any atom is 0.254 e. The summed E-state index contributed by atoms with van der Waals surface area (Å²) < 4.78 is 7.28. The molecule has 2 aromatic carbocycles. The van der Waals surface area contributed by atoms with Crippen LogP contribution in [0.1, 0.15) is 17.3 Å². The molecule has 2 aromatic heterocycles. The molecule has 0 aliphatic heterocycles. The highest BCUT2D eigenvalue weighted by molar-refractivity contribution is 5.93. The van der Waals surface area contributed by atoms with Crippen molar-refractivity contribution in [3.8, 4) is 17.0 Å². The summed E-state index contributed by atoms with van der Waals surface area (Å²) in [7, 11) is 0. The number of ether oxygens (including phenoxy) is 1. The van der Waals surface area contributed by atoms with Crippen LogP contribution in [-0.2, 0) is 0 Å². The molecule has 8 nitrogen and oxygen atoms in total. The zero-order chi connectivity index (χ0) is 19.5. The fraction of sp³-hybridized carbons (Fsp3) is 0.100. The lowest BCUT2D eigenvalue weighted by molar-refractivity contribution is 0.100. The second-order valence-electron chi connectivity index (χ2n) is 6.03. The van der Waals surface area contributed by atoms with Crippen molar-refractivity contribution in [1.82, 2.24) is 19.6 Å². The number of nitrogens with zero attached hydrogens (tertiary/aromatic N) is 4. The molecular formula is C20H18N6O2. The summed E-state index contributed by atoms with van der Waals surface area (Å²) in [6.07, 6.45) is 1.46. The Kier molecular flexibility index (Phi) is 4.59. The van der Waals surface area contributed by atoms with Crippen LogP contribution < -0.4 is 15.8 Å². The summed E-state index contributed by atoms with van der Waals surface area (Å²) in [5.41, 5.74) is 8.25. The van der Waals surface area contributed by atoms with Crippen LogP contribution in [0.5, 0.6) is 5.75 Å². The van der Waals surface area contributed by atoms with E-state index in [9.17, 15) is 4.79 Å². The van der Waals surface area contributed by atoms with Crippen LogP contribution in [0.3, 0.4) is 0 Å². The third-order valence-electron chi connectivity index (χ3n) is 4.13. The highest BCUT2D eigenvalue weighted by atomic mass is 16.5. The third-order valence-corrected chi connectivity index (χ3v) is 4.13. The van der Waals surface area contributed by atoms with Crippen molar-refractivity contribution in [2.45, 2.75) is 6.92 Å². The minimum atomic E-state index is -0.467. The van der Waals surface area contributed by atoms with E-state index in [2.05, 4.69) is 20.4 Å². The van der Waals surface area contributed by atoms with Crippen molar-refractivity contribution >= 4 is 23.2 Å². The van der Waals surface area contributed by atoms with Gasteiger partial charge in [-0.3, -0.25) is 4.79 Å². The number of fused-ring (bicyclic) bond motifs is 1. The van der Waals surface area contributed by atoms with Gasteiger partial charge in [0.15, 0.2) is 0 Å². The number of carbonyl (C=O) groups is 1. The minimum Gasteiger partial charge on any atom is -0.494 e. The molecule has 0 bridgehead atoms. The number of benzene rings is 2. The average molecular weight is 374 g/mol. The molecule has 28 heavy (non-hydrogen) atoms. The van der Waals surface area contributed by atoms with Gasteiger partial charge in [0.05, 0.1) is 12.3 Å². The summed E-state index contributed by atoms with van der Waals surface area (Å²) in [5, 5.41) is 7.50. The summed E-state index contributed by atoms with van der Waals surface area (Å²) in [4.78, 5) is 19.9. The first kappa shape index (κ1) is 17.5. The molecule has 4 rings (SSSR count). The van der Waals surface area contributed by atoms with Gasteiger partial charge >= 0.3 is 0 Å². The van der Waals surface area contributed by atoms with E-state index in [4.69, 9.17) is 10.5 Å². The first-order valence-corrected chi connectivity index (χ1v) is 8.75. The normalized spacial score (nSPS) is 10.8. The summed E-state index contributed by atoms with van der Waals surface area (Å²) in [6.45, 7) is 2.53. The van der Waals surface area contributed by atoms with E-state index in [1.807, 2.05) is 37.3 Å². The Morgan fingerprint density at radius 1 is 1.18 bits per heavy atom. The van der Waals surface area contributed by atoms with Crippen molar-refractivity contribution in [1.29, 1.82) is 0 Å². The van der Waals surface area contributed by atoms with Crippen LogP contribution in [0.4, 0.5) is 11.5 Å². The Bertz CT molecular complexity index is 1140. The Hall–Kier alpha value is -3.94. The van der Waals surface area contributed by atoms with E-state index in [1.54, 1.807) is 28.8 Å². The minimum absolute atomic E-state index is 0.444. The van der Waals surface area contributed by atoms with E-state index < -0.39 is 5.91 Å². The van der Waals surface area contributed by atoms with Crippen molar-refractivity contribution in [2.75, 3.05) is 11.9 Å². The number of nitrogens with one attached hydrogen (secondary N) is 1. The molecule has 2 heterocycles. The van der Waals surface area contributed by atoms with E-state index in [1.165, 1.54) is 6.33 Å². The van der Waals surface area contributed by atoms with E-state index in [-0.39, 0.29) is 0 Å². The van der Waals surface area contributed by atoms with Gasteiger partial charge in [-0.1, -0.05) is 12.1 Å². The third kappa shape index (κ3) is 3.48. The molecule has 0 aliphatic carbocycles. The monoisotopic (exact) mass is 374 g/mol. The largest absolute Gasteiger partial charge is 0.494 e. The van der Waals surface area contributed by atoms with Gasteiger partial charge < -0.3 is 15.8 Å². The number of aromatic nitrogens is 4. The molecule has 0 radical (unpaired) electrons. The van der Waals surface area contributed by atoms with Crippen LogP contribution in [0.25, 0.3) is 17.0 Å². The number of hydrogen-bond donors (Lipinski definition) is 2. The summed E-state index contributed by atoms with van der Waals surface area (Å²) >= 11 is 0. The molecule has 8 heteroatoms. The van der Waals surface area contributed by atoms with Crippen LogP contribution >= 0.6 is 0 Å².